The monoisotopic (exact) mass is 490 g/mol. The van der Waals surface area contributed by atoms with Crippen LogP contribution in [0.1, 0.15) is 23.2 Å². The number of sulfonamides is 1. The molecule has 11 heteroatoms. The van der Waals surface area contributed by atoms with Crippen LogP contribution in [0.5, 0.6) is 0 Å². The van der Waals surface area contributed by atoms with Crippen molar-refractivity contribution in [3.05, 3.63) is 42.0 Å². The van der Waals surface area contributed by atoms with E-state index in [0.29, 0.717) is 23.8 Å². The van der Waals surface area contributed by atoms with Gasteiger partial charge in [0.2, 0.25) is 10.0 Å². The van der Waals surface area contributed by atoms with Gasteiger partial charge in [0.1, 0.15) is 0 Å². The lowest BCUT2D eigenvalue weighted by Crippen LogP contribution is -2.27. The first-order valence-electron chi connectivity index (χ1n) is 9.61. The lowest BCUT2D eigenvalue weighted by molar-refractivity contribution is 0.102. The molecule has 1 saturated heterocycles. The third-order valence-corrected chi connectivity index (χ3v) is 10.2. The number of carbonyl (C=O) groups is 1. The highest BCUT2D eigenvalue weighted by Crippen LogP contribution is 2.38. The summed E-state index contributed by atoms with van der Waals surface area (Å²) >= 11 is 4.64. The second kappa shape index (κ2) is 8.14. The van der Waals surface area contributed by atoms with Crippen LogP contribution in [0.3, 0.4) is 0 Å². The fourth-order valence-electron chi connectivity index (χ4n) is 3.52. The van der Waals surface area contributed by atoms with Crippen LogP contribution in [0.15, 0.2) is 45.6 Å². The van der Waals surface area contributed by atoms with E-state index in [9.17, 15) is 13.2 Å². The second-order valence-corrected chi connectivity index (χ2v) is 12.0. The van der Waals surface area contributed by atoms with E-state index < -0.39 is 10.0 Å². The summed E-state index contributed by atoms with van der Waals surface area (Å²) in [6.07, 6.45) is 3.76. The Kier molecular flexibility index (Phi) is 5.47. The fourth-order valence-corrected chi connectivity index (χ4v) is 7.69. The van der Waals surface area contributed by atoms with Crippen molar-refractivity contribution in [1.82, 2.24) is 14.3 Å². The Balaban J connectivity index is 1.38. The summed E-state index contributed by atoms with van der Waals surface area (Å²) in [5.41, 5.74) is 2.13. The van der Waals surface area contributed by atoms with Crippen molar-refractivity contribution in [3.8, 4) is 0 Å². The number of hydrogen-bond acceptors (Lipinski definition) is 8. The molecule has 1 N–H and O–H groups in total. The summed E-state index contributed by atoms with van der Waals surface area (Å²) in [6.45, 7) is 1.10. The van der Waals surface area contributed by atoms with Crippen LogP contribution < -0.4 is 5.32 Å². The van der Waals surface area contributed by atoms with Crippen molar-refractivity contribution in [2.45, 2.75) is 22.1 Å². The molecule has 3 heterocycles. The predicted octanol–water partition coefficient (Wildman–Crippen LogP) is 4.66. The van der Waals surface area contributed by atoms with E-state index in [1.807, 2.05) is 18.4 Å². The van der Waals surface area contributed by atoms with E-state index in [-0.39, 0.29) is 10.8 Å². The van der Waals surface area contributed by atoms with Crippen molar-refractivity contribution < 1.29 is 13.2 Å². The molecule has 1 amide bonds. The van der Waals surface area contributed by atoms with Gasteiger partial charge < -0.3 is 0 Å². The maximum atomic E-state index is 12.7. The minimum atomic E-state index is -3.49. The van der Waals surface area contributed by atoms with Crippen molar-refractivity contribution in [1.29, 1.82) is 0 Å². The van der Waals surface area contributed by atoms with Crippen molar-refractivity contribution in [2.75, 3.05) is 24.7 Å². The van der Waals surface area contributed by atoms with Crippen LogP contribution >= 0.6 is 34.4 Å². The summed E-state index contributed by atoms with van der Waals surface area (Å²) in [5.74, 6) is -0.325. The molecule has 0 radical (unpaired) electrons. The first-order chi connectivity index (χ1) is 15.0. The van der Waals surface area contributed by atoms with Gasteiger partial charge in [0, 0.05) is 18.7 Å². The molecular weight excluding hydrogens is 473 g/mol. The van der Waals surface area contributed by atoms with Crippen molar-refractivity contribution in [3.63, 3.8) is 0 Å². The van der Waals surface area contributed by atoms with Gasteiger partial charge in [-0.15, -0.1) is 11.3 Å². The summed E-state index contributed by atoms with van der Waals surface area (Å²) in [7, 11) is -3.49. The largest absolute Gasteiger partial charge is 0.298 e. The third-order valence-electron chi connectivity index (χ3n) is 5.11. The number of nitrogens with zero attached hydrogens (tertiary/aromatic N) is 3. The zero-order valence-corrected chi connectivity index (χ0v) is 19.8. The maximum Gasteiger partial charge on any atom is 0.257 e. The lowest BCUT2D eigenvalue weighted by atomic mass is 10.2. The Hall–Kier alpha value is -2.05. The molecule has 2 aromatic heterocycles. The number of amides is 1. The molecule has 0 atom stereocenters. The molecule has 1 aliphatic rings. The van der Waals surface area contributed by atoms with Crippen LogP contribution in [-0.4, -0.2) is 47.9 Å². The van der Waals surface area contributed by atoms with Crippen molar-refractivity contribution >= 4 is 75.9 Å². The van der Waals surface area contributed by atoms with E-state index in [1.165, 1.54) is 39.9 Å². The number of hydrogen-bond donors (Lipinski definition) is 1. The Labute approximate surface area is 191 Å². The Bertz CT molecular complexity index is 1390. The van der Waals surface area contributed by atoms with Crippen LogP contribution in [0, 0.1) is 0 Å². The summed E-state index contributed by atoms with van der Waals surface area (Å²) < 4.78 is 29.8. The van der Waals surface area contributed by atoms with Gasteiger partial charge in [0.15, 0.2) is 9.47 Å². The van der Waals surface area contributed by atoms with Gasteiger partial charge in [-0.05, 0) is 55.5 Å². The lowest BCUT2D eigenvalue weighted by Gasteiger charge is -2.15. The van der Waals surface area contributed by atoms with Gasteiger partial charge >= 0.3 is 0 Å². The molecule has 2 aromatic carbocycles. The number of fused-ring (bicyclic) bond motifs is 3. The summed E-state index contributed by atoms with van der Waals surface area (Å²) in [5, 5.41) is 3.33. The third kappa shape index (κ3) is 3.85. The maximum absolute atomic E-state index is 12.7. The number of thioether (sulfide) groups is 1. The van der Waals surface area contributed by atoms with E-state index in [2.05, 4.69) is 15.3 Å². The van der Waals surface area contributed by atoms with Crippen molar-refractivity contribution in [2.24, 2.45) is 0 Å². The number of anilines is 1. The first kappa shape index (κ1) is 20.8. The number of nitrogens with one attached hydrogen (secondary N) is 1. The smallest absolute Gasteiger partial charge is 0.257 e. The number of thiazole rings is 2. The van der Waals surface area contributed by atoms with Crippen LogP contribution in [-0.2, 0) is 10.0 Å². The highest BCUT2D eigenvalue weighted by Gasteiger charge is 2.27. The van der Waals surface area contributed by atoms with E-state index >= 15 is 0 Å². The Morgan fingerprint density at radius 3 is 2.32 bits per heavy atom. The summed E-state index contributed by atoms with van der Waals surface area (Å²) in [4.78, 5) is 22.0. The van der Waals surface area contributed by atoms with E-state index in [0.717, 1.165) is 37.6 Å². The minimum Gasteiger partial charge on any atom is -0.298 e. The van der Waals surface area contributed by atoms with E-state index in [1.54, 1.807) is 23.1 Å². The van der Waals surface area contributed by atoms with Crippen LogP contribution in [0.2, 0.25) is 0 Å². The van der Waals surface area contributed by atoms with Gasteiger partial charge in [0.05, 0.1) is 25.3 Å². The molecule has 0 saturated carbocycles. The van der Waals surface area contributed by atoms with E-state index in [4.69, 9.17) is 0 Å². The average Bonchev–Trinajstić information content (AvgIpc) is 3.51. The molecule has 0 bridgehead atoms. The molecule has 0 aliphatic carbocycles. The zero-order chi connectivity index (χ0) is 21.6. The SMILES string of the molecule is CSc1nc2ccc3nc(NC(=O)c4ccc(S(=O)(=O)N5CCCC5)cc4)sc3c2s1. The molecule has 1 fully saturated rings. The van der Waals surface area contributed by atoms with Gasteiger partial charge in [-0.3, -0.25) is 10.1 Å². The van der Waals surface area contributed by atoms with Gasteiger partial charge in [-0.25, -0.2) is 18.4 Å². The molecule has 1 aliphatic heterocycles. The fraction of sp³-hybridized carbons (Fsp3) is 0.250. The van der Waals surface area contributed by atoms with Crippen LogP contribution in [0.25, 0.3) is 20.4 Å². The molecular formula is C20H18N4O3S4. The van der Waals surface area contributed by atoms with Gasteiger partial charge in [0.25, 0.3) is 5.91 Å². The number of rotatable bonds is 5. The normalized spacial score (nSPS) is 15.1. The molecule has 7 nitrogen and oxygen atoms in total. The molecule has 0 spiro atoms. The highest BCUT2D eigenvalue weighted by atomic mass is 32.2. The molecule has 0 unspecified atom stereocenters. The predicted molar refractivity (Wildman–Crippen MR) is 127 cm³/mol. The topological polar surface area (TPSA) is 92.3 Å². The minimum absolute atomic E-state index is 0.211. The number of benzene rings is 2. The molecule has 5 rings (SSSR count). The van der Waals surface area contributed by atoms with Gasteiger partial charge in [-0.1, -0.05) is 23.1 Å². The number of aromatic nitrogens is 2. The quantitative estimate of drug-likeness (QED) is 0.409. The standard InChI is InChI=1S/C20H18N4O3S4/c1-28-20-22-15-9-8-14-16(17(15)30-20)29-19(21-14)23-18(25)12-4-6-13(7-5-12)31(26,27)24-10-2-3-11-24/h4-9H,2-3,10-11H2,1H3,(H,21,23,25). The zero-order valence-electron chi connectivity index (χ0n) is 16.5. The molecule has 160 valence electrons. The van der Waals surface area contributed by atoms with Gasteiger partial charge in [-0.2, -0.15) is 4.31 Å². The summed E-state index contributed by atoms with van der Waals surface area (Å²) in [6, 6.07) is 9.91. The first-order valence-corrected chi connectivity index (χ1v) is 13.9. The highest BCUT2D eigenvalue weighted by molar-refractivity contribution is 8.00. The van der Waals surface area contributed by atoms with Crippen LogP contribution in [0.4, 0.5) is 5.13 Å². The molecule has 4 aromatic rings. The Morgan fingerprint density at radius 1 is 1.00 bits per heavy atom. The average molecular weight is 491 g/mol. The Morgan fingerprint density at radius 2 is 1.65 bits per heavy atom. The second-order valence-electron chi connectivity index (χ2n) is 7.05. The number of carbonyl (C=O) groups excluding carboxylic acids is 1. The molecule has 31 heavy (non-hydrogen) atoms.